The highest BCUT2D eigenvalue weighted by molar-refractivity contribution is 8.01. The number of hydrogen-bond acceptors (Lipinski definition) is 4. The maximum Gasteiger partial charge on any atom is 0.151 e. The van der Waals surface area contributed by atoms with Gasteiger partial charge >= 0.3 is 0 Å². The second kappa shape index (κ2) is 5.59. The number of thioether (sulfide) groups is 1. The number of rotatable bonds is 3. The smallest absolute Gasteiger partial charge is 0.151 e. The summed E-state index contributed by atoms with van der Waals surface area (Å²) in [5.41, 5.74) is 1.15. The standard InChI is InChI=1S/C14H18N2S2/c1-2-16-9-7-11(8-10-16)17-14-15-12-5-3-4-6-13(12)18-14/h3-6,11H,2,7-10H2,1H3. The van der Waals surface area contributed by atoms with Crippen molar-refractivity contribution < 1.29 is 0 Å². The van der Waals surface area contributed by atoms with E-state index in [-0.39, 0.29) is 0 Å². The maximum atomic E-state index is 4.71. The van der Waals surface area contributed by atoms with Gasteiger partial charge in [-0.2, -0.15) is 0 Å². The number of likely N-dealkylation sites (tertiary alicyclic amines) is 1. The second-order valence-electron chi connectivity index (χ2n) is 4.70. The van der Waals surface area contributed by atoms with E-state index < -0.39 is 0 Å². The Bertz CT molecular complexity index is 482. The highest BCUT2D eigenvalue weighted by Gasteiger charge is 2.20. The van der Waals surface area contributed by atoms with E-state index in [4.69, 9.17) is 4.98 Å². The molecule has 2 aromatic rings. The van der Waals surface area contributed by atoms with Crippen LogP contribution in [0.5, 0.6) is 0 Å². The number of benzene rings is 1. The number of nitrogens with zero attached hydrogens (tertiary/aromatic N) is 2. The molecule has 0 saturated carbocycles. The monoisotopic (exact) mass is 278 g/mol. The molecule has 1 aliphatic rings. The molecule has 1 saturated heterocycles. The van der Waals surface area contributed by atoms with Crippen LogP contribution in [0.4, 0.5) is 0 Å². The molecule has 0 radical (unpaired) electrons. The van der Waals surface area contributed by atoms with Crippen molar-refractivity contribution >= 4 is 33.3 Å². The molecule has 1 aromatic carbocycles. The molecule has 3 rings (SSSR count). The van der Waals surface area contributed by atoms with Crippen molar-refractivity contribution in [3.63, 3.8) is 0 Å². The molecule has 96 valence electrons. The molecule has 4 heteroatoms. The molecule has 1 aromatic heterocycles. The van der Waals surface area contributed by atoms with Gasteiger partial charge in [-0.15, -0.1) is 11.3 Å². The maximum absolute atomic E-state index is 4.71. The van der Waals surface area contributed by atoms with Gasteiger partial charge < -0.3 is 4.90 Å². The topological polar surface area (TPSA) is 16.1 Å². The van der Waals surface area contributed by atoms with Gasteiger partial charge in [0, 0.05) is 5.25 Å². The molecule has 1 fully saturated rings. The Morgan fingerprint density at radius 2 is 2.11 bits per heavy atom. The molecule has 0 atom stereocenters. The summed E-state index contributed by atoms with van der Waals surface area (Å²) in [4.78, 5) is 7.25. The van der Waals surface area contributed by atoms with Crippen LogP contribution < -0.4 is 0 Å². The summed E-state index contributed by atoms with van der Waals surface area (Å²) in [6, 6.07) is 8.43. The molecular formula is C14H18N2S2. The summed E-state index contributed by atoms with van der Waals surface area (Å²) in [7, 11) is 0. The van der Waals surface area contributed by atoms with Crippen LogP contribution in [0.15, 0.2) is 28.6 Å². The summed E-state index contributed by atoms with van der Waals surface area (Å²) < 4.78 is 2.55. The van der Waals surface area contributed by atoms with E-state index in [1.54, 1.807) is 0 Å². The lowest BCUT2D eigenvalue weighted by Gasteiger charge is -2.30. The van der Waals surface area contributed by atoms with E-state index >= 15 is 0 Å². The third-order valence-electron chi connectivity index (χ3n) is 3.52. The van der Waals surface area contributed by atoms with Gasteiger partial charge in [0.1, 0.15) is 0 Å². The quantitative estimate of drug-likeness (QED) is 0.848. The predicted molar refractivity (Wildman–Crippen MR) is 80.6 cm³/mol. The summed E-state index contributed by atoms with van der Waals surface area (Å²) in [5.74, 6) is 0. The molecule has 18 heavy (non-hydrogen) atoms. The van der Waals surface area contributed by atoms with Crippen molar-refractivity contribution in [3.8, 4) is 0 Å². The summed E-state index contributed by atoms with van der Waals surface area (Å²) in [6.07, 6.45) is 2.60. The lowest BCUT2D eigenvalue weighted by Crippen LogP contribution is -2.34. The van der Waals surface area contributed by atoms with E-state index in [1.807, 2.05) is 23.1 Å². The average Bonchev–Trinajstić information content (AvgIpc) is 2.82. The normalized spacial score (nSPS) is 18.5. The molecular weight excluding hydrogens is 260 g/mol. The predicted octanol–water partition coefficient (Wildman–Crippen LogP) is 3.87. The zero-order valence-electron chi connectivity index (χ0n) is 10.6. The summed E-state index contributed by atoms with van der Waals surface area (Å²) >= 11 is 3.82. The van der Waals surface area contributed by atoms with E-state index in [1.165, 1.54) is 41.5 Å². The van der Waals surface area contributed by atoms with Crippen LogP contribution in [-0.4, -0.2) is 34.8 Å². The molecule has 0 amide bonds. The van der Waals surface area contributed by atoms with Gasteiger partial charge in [-0.3, -0.25) is 0 Å². The molecule has 1 aliphatic heterocycles. The molecule has 0 spiro atoms. The largest absolute Gasteiger partial charge is 0.304 e. The second-order valence-corrected chi connectivity index (χ2v) is 7.28. The van der Waals surface area contributed by atoms with Gasteiger partial charge in [0.15, 0.2) is 4.34 Å². The molecule has 0 bridgehead atoms. The first kappa shape index (κ1) is 12.5. The van der Waals surface area contributed by atoms with Gasteiger partial charge in [-0.25, -0.2) is 4.98 Å². The van der Waals surface area contributed by atoms with E-state index in [9.17, 15) is 0 Å². The highest BCUT2D eigenvalue weighted by atomic mass is 32.2. The van der Waals surface area contributed by atoms with Crippen LogP contribution in [0.2, 0.25) is 0 Å². The first-order valence-corrected chi connectivity index (χ1v) is 8.29. The number of para-hydroxylation sites is 1. The van der Waals surface area contributed by atoms with Crippen LogP contribution in [-0.2, 0) is 0 Å². The van der Waals surface area contributed by atoms with E-state index in [0.29, 0.717) is 0 Å². The SMILES string of the molecule is CCN1CCC(Sc2nc3ccccc3s2)CC1. The van der Waals surface area contributed by atoms with E-state index in [0.717, 1.165) is 10.8 Å². The lowest BCUT2D eigenvalue weighted by atomic mass is 10.1. The first-order chi connectivity index (χ1) is 8.85. The van der Waals surface area contributed by atoms with Gasteiger partial charge in [0.05, 0.1) is 10.2 Å². The number of hydrogen-bond donors (Lipinski definition) is 0. The fourth-order valence-electron chi connectivity index (χ4n) is 2.39. The number of thiazole rings is 1. The Morgan fingerprint density at radius 1 is 1.33 bits per heavy atom. The molecule has 0 N–H and O–H groups in total. The molecule has 2 nitrogen and oxygen atoms in total. The average molecular weight is 278 g/mol. The van der Waals surface area contributed by atoms with Crippen molar-refractivity contribution in [2.75, 3.05) is 19.6 Å². The summed E-state index contributed by atoms with van der Waals surface area (Å²) in [6.45, 7) is 5.94. The van der Waals surface area contributed by atoms with Crippen molar-refractivity contribution in [2.45, 2.75) is 29.4 Å². The van der Waals surface area contributed by atoms with Gasteiger partial charge in [0.25, 0.3) is 0 Å². The summed E-state index contributed by atoms with van der Waals surface area (Å²) in [5, 5.41) is 0.758. The highest BCUT2D eigenvalue weighted by Crippen LogP contribution is 2.35. The Morgan fingerprint density at radius 3 is 2.83 bits per heavy atom. The van der Waals surface area contributed by atoms with Crippen molar-refractivity contribution in [3.05, 3.63) is 24.3 Å². The van der Waals surface area contributed by atoms with Crippen LogP contribution in [0, 0.1) is 0 Å². The van der Waals surface area contributed by atoms with Gasteiger partial charge in [0.2, 0.25) is 0 Å². The van der Waals surface area contributed by atoms with Crippen molar-refractivity contribution in [2.24, 2.45) is 0 Å². The minimum atomic E-state index is 0.758. The minimum absolute atomic E-state index is 0.758. The fraction of sp³-hybridized carbons (Fsp3) is 0.500. The minimum Gasteiger partial charge on any atom is -0.304 e. The third-order valence-corrected chi connectivity index (χ3v) is 5.99. The van der Waals surface area contributed by atoms with Crippen molar-refractivity contribution in [1.82, 2.24) is 9.88 Å². The number of fused-ring (bicyclic) bond motifs is 1. The first-order valence-electron chi connectivity index (χ1n) is 6.59. The third kappa shape index (κ3) is 2.71. The molecule has 0 unspecified atom stereocenters. The fourth-order valence-corrected chi connectivity index (χ4v) is 4.84. The zero-order valence-corrected chi connectivity index (χ0v) is 12.3. The van der Waals surface area contributed by atoms with Crippen LogP contribution in [0.1, 0.15) is 19.8 Å². The van der Waals surface area contributed by atoms with Crippen molar-refractivity contribution in [1.29, 1.82) is 0 Å². The number of piperidine rings is 1. The van der Waals surface area contributed by atoms with Crippen LogP contribution in [0.3, 0.4) is 0 Å². The van der Waals surface area contributed by atoms with Gasteiger partial charge in [-0.1, -0.05) is 30.8 Å². The van der Waals surface area contributed by atoms with Crippen LogP contribution in [0.25, 0.3) is 10.2 Å². The Hall–Kier alpha value is -0.580. The van der Waals surface area contributed by atoms with E-state index in [2.05, 4.69) is 36.1 Å². The van der Waals surface area contributed by atoms with Crippen LogP contribution >= 0.6 is 23.1 Å². The Labute approximate surface area is 116 Å². The van der Waals surface area contributed by atoms with Gasteiger partial charge in [-0.05, 0) is 44.6 Å². The molecule has 0 aliphatic carbocycles. The number of aromatic nitrogens is 1. The Balaban J connectivity index is 1.66. The Kier molecular flexibility index (Phi) is 3.87. The zero-order chi connectivity index (χ0) is 12.4. The molecule has 2 heterocycles. The lowest BCUT2D eigenvalue weighted by molar-refractivity contribution is 0.244.